The molecular weight excluding hydrogens is 306 g/mol. The summed E-state index contributed by atoms with van der Waals surface area (Å²) < 4.78 is 29.7. The normalized spacial score (nSPS) is 14.7. The van der Waals surface area contributed by atoms with Crippen molar-refractivity contribution in [1.29, 1.82) is 0 Å². The second-order valence-corrected chi connectivity index (χ2v) is 9.78. The second kappa shape index (κ2) is 5.98. The van der Waals surface area contributed by atoms with E-state index in [-0.39, 0.29) is 11.2 Å². The Morgan fingerprint density at radius 1 is 1.23 bits per heavy atom. The monoisotopic (exact) mass is 331 g/mol. The fourth-order valence-electron chi connectivity index (χ4n) is 1.56. The minimum atomic E-state index is -3.71. The Morgan fingerprint density at radius 3 is 2.18 bits per heavy atom. The summed E-state index contributed by atoms with van der Waals surface area (Å²) in [6, 6.07) is 0. The van der Waals surface area contributed by atoms with Gasteiger partial charge in [0, 0.05) is 11.0 Å². The second-order valence-electron chi connectivity index (χ2n) is 7.45. The topological polar surface area (TPSA) is 102 Å². The largest absolute Gasteiger partial charge is 0.350 e. The molecule has 1 heterocycles. The van der Waals surface area contributed by atoms with Crippen LogP contribution in [-0.4, -0.2) is 35.3 Å². The average Bonchev–Trinajstić information content (AvgIpc) is 2.72. The molecule has 0 fully saturated rings. The fraction of sp³-hybridized carbons (Fsp3) is 0.786. The molecule has 0 spiro atoms. The molecule has 22 heavy (non-hydrogen) atoms. The third-order valence-corrected chi connectivity index (χ3v) is 4.80. The molecule has 1 atom stereocenters. The quantitative estimate of drug-likeness (QED) is 0.898. The van der Waals surface area contributed by atoms with Gasteiger partial charge in [0.2, 0.25) is 11.8 Å². The van der Waals surface area contributed by atoms with Crippen molar-refractivity contribution >= 4 is 15.7 Å². The van der Waals surface area contributed by atoms with Gasteiger partial charge in [-0.3, -0.25) is 4.79 Å². The highest BCUT2D eigenvalue weighted by molar-refractivity contribution is 7.92. The van der Waals surface area contributed by atoms with Crippen molar-refractivity contribution < 1.29 is 17.7 Å². The number of hydrogen-bond donors (Lipinski definition) is 1. The van der Waals surface area contributed by atoms with Crippen LogP contribution in [0, 0.1) is 0 Å². The van der Waals surface area contributed by atoms with Crippen LogP contribution in [0.1, 0.15) is 60.2 Å². The van der Waals surface area contributed by atoms with Crippen molar-refractivity contribution in [2.24, 2.45) is 0 Å². The van der Waals surface area contributed by atoms with Crippen LogP contribution in [0.4, 0.5) is 0 Å². The van der Waals surface area contributed by atoms with Gasteiger partial charge in [0.25, 0.3) is 0 Å². The average molecular weight is 331 g/mol. The smallest absolute Gasteiger partial charge is 0.238 e. The van der Waals surface area contributed by atoms with Gasteiger partial charge in [-0.2, -0.15) is 4.98 Å². The van der Waals surface area contributed by atoms with Crippen LogP contribution in [0.5, 0.6) is 0 Å². The molecule has 1 aromatic rings. The molecule has 0 bridgehead atoms. The van der Waals surface area contributed by atoms with Crippen LogP contribution in [-0.2, 0) is 25.8 Å². The molecule has 1 unspecified atom stereocenters. The molecule has 1 rings (SSSR count). The fourth-order valence-corrected chi connectivity index (χ4v) is 2.67. The number of nitrogens with one attached hydrogen (secondary N) is 1. The van der Waals surface area contributed by atoms with E-state index in [0.717, 1.165) is 0 Å². The highest BCUT2D eigenvalue weighted by Gasteiger charge is 2.32. The van der Waals surface area contributed by atoms with Gasteiger partial charge in [-0.25, -0.2) is 8.42 Å². The van der Waals surface area contributed by atoms with Gasteiger partial charge in [0.1, 0.15) is 11.0 Å². The summed E-state index contributed by atoms with van der Waals surface area (Å²) >= 11 is 0. The molecule has 7 nitrogen and oxygen atoms in total. The lowest BCUT2D eigenvalue weighted by atomic mass is 9.97. The van der Waals surface area contributed by atoms with E-state index in [2.05, 4.69) is 15.5 Å². The zero-order valence-corrected chi connectivity index (χ0v) is 15.0. The van der Waals surface area contributed by atoms with Crippen LogP contribution in [0.3, 0.4) is 0 Å². The summed E-state index contributed by atoms with van der Waals surface area (Å²) in [5.74, 6) is -0.525. The molecule has 0 saturated heterocycles. The maximum Gasteiger partial charge on any atom is 0.238 e. The highest BCUT2D eigenvalue weighted by atomic mass is 32.2. The third-order valence-electron chi connectivity index (χ3n) is 2.85. The van der Waals surface area contributed by atoms with Gasteiger partial charge in [-0.1, -0.05) is 25.9 Å². The zero-order chi connectivity index (χ0) is 17.3. The van der Waals surface area contributed by atoms with Gasteiger partial charge >= 0.3 is 0 Å². The van der Waals surface area contributed by atoms with Gasteiger partial charge in [-0.05, 0) is 27.7 Å². The van der Waals surface area contributed by atoms with Crippen molar-refractivity contribution in [2.45, 2.75) is 70.4 Å². The molecule has 0 saturated carbocycles. The van der Waals surface area contributed by atoms with Gasteiger partial charge in [-0.15, -0.1) is 0 Å². The number of hydrogen-bond acceptors (Lipinski definition) is 6. The Morgan fingerprint density at radius 2 is 1.77 bits per heavy atom. The Labute approximate surface area is 131 Å². The predicted octanol–water partition coefficient (Wildman–Crippen LogP) is 1.59. The van der Waals surface area contributed by atoms with Gasteiger partial charge in [0.15, 0.2) is 15.7 Å². The number of carbonyl (C=O) groups is 1. The minimum Gasteiger partial charge on any atom is -0.350 e. The molecule has 8 heteroatoms. The number of carbonyl (C=O) groups excluding carboxylic acids is 1. The first-order chi connectivity index (χ1) is 9.72. The molecule has 1 aromatic heterocycles. The van der Waals surface area contributed by atoms with E-state index in [1.54, 1.807) is 20.8 Å². The summed E-state index contributed by atoms with van der Waals surface area (Å²) in [6.07, 6.45) is 0. The molecule has 0 aliphatic heterocycles. The molecule has 1 amide bonds. The molecule has 1 N–H and O–H groups in total. The van der Waals surface area contributed by atoms with Gasteiger partial charge in [0.05, 0.1) is 0 Å². The number of nitrogens with zero attached hydrogens (tertiary/aromatic N) is 2. The lowest BCUT2D eigenvalue weighted by Crippen LogP contribution is -2.47. The maximum atomic E-state index is 12.3. The zero-order valence-electron chi connectivity index (χ0n) is 14.2. The molecular formula is C14H25N3O4S. The molecule has 0 aliphatic rings. The Kier molecular flexibility index (Phi) is 5.06. The van der Waals surface area contributed by atoms with Crippen LogP contribution in [0.25, 0.3) is 0 Å². The van der Waals surface area contributed by atoms with Crippen molar-refractivity contribution in [3.63, 3.8) is 0 Å². The van der Waals surface area contributed by atoms with Crippen molar-refractivity contribution in [2.75, 3.05) is 0 Å². The minimum absolute atomic E-state index is 0.0698. The first-order valence-electron chi connectivity index (χ1n) is 7.09. The molecule has 0 radical (unpaired) electrons. The predicted molar refractivity (Wildman–Crippen MR) is 83.0 cm³/mol. The SMILES string of the molecule is CC(C(=O)NC(C)(C)C)S(=O)(=O)Cc1noc(C(C)(C)C)n1. The summed E-state index contributed by atoms with van der Waals surface area (Å²) in [7, 11) is -3.71. The number of rotatable bonds is 4. The Bertz CT molecular complexity index is 636. The summed E-state index contributed by atoms with van der Waals surface area (Å²) in [5, 5.41) is 5.17. The number of amides is 1. The number of aromatic nitrogens is 2. The van der Waals surface area contributed by atoms with E-state index < -0.39 is 32.3 Å². The summed E-state index contributed by atoms with van der Waals surface area (Å²) in [4.78, 5) is 16.1. The molecule has 0 aliphatic carbocycles. The summed E-state index contributed by atoms with van der Waals surface area (Å²) in [6.45, 7) is 12.4. The van der Waals surface area contributed by atoms with E-state index in [1.807, 2.05) is 20.8 Å². The van der Waals surface area contributed by atoms with Crippen LogP contribution in [0.2, 0.25) is 0 Å². The van der Waals surface area contributed by atoms with E-state index >= 15 is 0 Å². The first kappa shape index (κ1) is 18.6. The van der Waals surface area contributed by atoms with Crippen molar-refractivity contribution in [1.82, 2.24) is 15.5 Å². The highest BCUT2D eigenvalue weighted by Crippen LogP contribution is 2.20. The van der Waals surface area contributed by atoms with Crippen molar-refractivity contribution in [3.05, 3.63) is 11.7 Å². The van der Waals surface area contributed by atoms with E-state index in [1.165, 1.54) is 6.92 Å². The van der Waals surface area contributed by atoms with E-state index in [4.69, 9.17) is 4.52 Å². The standard InChI is InChI=1S/C14H25N3O4S/c1-9(11(18)16-14(5,6)7)22(19,20)8-10-15-12(21-17-10)13(2,3)4/h9H,8H2,1-7H3,(H,16,18). The van der Waals surface area contributed by atoms with Crippen molar-refractivity contribution in [3.8, 4) is 0 Å². The Hall–Kier alpha value is -1.44. The lowest BCUT2D eigenvalue weighted by molar-refractivity contribution is -0.121. The molecule has 0 aromatic carbocycles. The van der Waals surface area contributed by atoms with Crippen LogP contribution in [0.15, 0.2) is 4.52 Å². The maximum absolute atomic E-state index is 12.3. The molecule has 126 valence electrons. The van der Waals surface area contributed by atoms with E-state index in [9.17, 15) is 13.2 Å². The first-order valence-corrected chi connectivity index (χ1v) is 8.80. The van der Waals surface area contributed by atoms with Gasteiger partial charge < -0.3 is 9.84 Å². The third kappa shape index (κ3) is 5.08. The Balaban J connectivity index is 2.87. The van der Waals surface area contributed by atoms with Crippen LogP contribution >= 0.6 is 0 Å². The summed E-state index contributed by atoms with van der Waals surface area (Å²) in [5.41, 5.74) is -0.851. The lowest BCUT2D eigenvalue weighted by Gasteiger charge is -2.23. The number of sulfone groups is 1. The van der Waals surface area contributed by atoms with Crippen LogP contribution < -0.4 is 5.32 Å². The van der Waals surface area contributed by atoms with E-state index in [0.29, 0.717) is 5.89 Å².